The number of carbonyl (C=O) groups is 2. The minimum Gasteiger partial charge on any atom is -0.454 e. The Morgan fingerprint density at radius 3 is 2.43 bits per heavy atom. The number of benzene rings is 1. The SMILES string of the molecule is Cc1noc(C)c1C(=O)OCC(=O)c1cc(C)n(Cc2ccc(F)cc2)c1C. The summed E-state index contributed by atoms with van der Waals surface area (Å²) in [6.07, 6.45) is 0. The van der Waals surface area contributed by atoms with Crippen molar-refractivity contribution in [3.8, 4) is 0 Å². The molecule has 0 amide bonds. The molecule has 0 aliphatic carbocycles. The zero-order chi connectivity index (χ0) is 20.4. The smallest absolute Gasteiger partial charge is 0.344 e. The summed E-state index contributed by atoms with van der Waals surface area (Å²) >= 11 is 0. The monoisotopic (exact) mass is 384 g/mol. The van der Waals surface area contributed by atoms with E-state index in [1.165, 1.54) is 12.1 Å². The van der Waals surface area contributed by atoms with E-state index in [0.29, 0.717) is 23.6 Å². The molecule has 0 N–H and O–H groups in total. The van der Waals surface area contributed by atoms with Crippen LogP contribution in [0.5, 0.6) is 0 Å². The van der Waals surface area contributed by atoms with Crippen LogP contribution in [-0.4, -0.2) is 28.1 Å². The number of nitrogens with zero attached hydrogens (tertiary/aromatic N) is 2. The summed E-state index contributed by atoms with van der Waals surface area (Å²) in [5.74, 6) is -0.864. The van der Waals surface area contributed by atoms with Crippen molar-refractivity contribution in [2.24, 2.45) is 0 Å². The number of halogens is 1. The Kier molecular flexibility index (Phi) is 5.44. The van der Waals surface area contributed by atoms with Gasteiger partial charge in [0.15, 0.2) is 6.61 Å². The van der Waals surface area contributed by atoms with Gasteiger partial charge in [0.2, 0.25) is 5.78 Å². The van der Waals surface area contributed by atoms with E-state index in [1.54, 1.807) is 32.0 Å². The second-order valence-corrected chi connectivity index (χ2v) is 6.70. The first-order valence-electron chi connectivity index (χ1n) is 8.82. The van der Waals surface area contributed by atoms with Crippen molar-refractivity contribution in [2.45, 2.75) is 34.2 Å². The number of ether oxygens (including phenoxy) is 1. The van der Waals surface area contributed by atoms with E-state index in [1.807, 2.05) is 18.4 Å². The van der Waals surface area contributed by atoms with Gasteiger partial charge < -0.3 is 13.8 Å². The van der Waals surface area contributed by atoms with Gasteiger partial charge in [-0.1, -0.05) is 17.3 Å². The minimum atomic E-state index is -0.635. The van der Waals surface area contributed by atoms with Gasteiger partial charge in [-0.05, 0) is 51.5 Å². The highest BCUT2D eigenvalue weighted by Gasteiger charge is 2.22. The van der Waals surface area contributed by atoms with Crippen LogP contribution in [0.25, 0.3) is 0 Å². The molecule has 0 fully saturated rings. The van der Waals surface area contributed by atoms with Gasteiger partial charge in [0, 0.05) is 23.5 Å². The Morgan fingerprint density at radius 1 is 1.14 bits per heavy atom. The standard InChI is InChI=1S/C21H21FN2O4/c1-12-9-18(14(3)24(12)10-16-5-7-17(22)8-6-16)19(25)11-27-21(26)20-13(2)23-28-15(20)4/h5-9H,10-11H2,1-4H3. The number of ketones is 1. The number of hydrogen-bond acceptors (Lipinski definition) is 5. The van der Waals surface area contributed by atoms with Crippen molar-refractivity contribution in [1.82, 2.24) is 9.72 Å². The second kappa shape index (κ2) is 7.80. The van der Waals surface area contributed by atoms with Crippen molar-refractivity contribution < 1.29 is 23.2 Å². The van der Waals surface area contributed by atoms with E-state index in [0.717, 1.165) is 17.0 Å². The number of aromatic nitrogens is 2. The van der Waals surface area contributed by atoms with Crippen molar-refractivity contribution >= 4 is 11.8 Å². The third kappa shape index (κ3) is 3.88. The van der Waals surface area contributed by atoms with E-state index in [4.69, 9.17) is 9.26 Å². The van der Waals surface area contributed by atoms with Gasteiger partial charge in [-0.3, -0.25) is 4.79 Å². The summed E-state index contributed by atoms with van der Waals surface area (Å²) in [6.45, 7) is 7.12. The van der Waals surface area contributed by atoms with E-state index >= 15 is 0 Å². The Morgan fingerprint density at radius 2 is 1.82 bits per heavy atom. The van der Waals surface area contributed by atoms with Gasteiger partial charge in [-0.25, -0.2) is 9.18 Å². The highest BCUT2D eigenvalue weighted by molar-refractivity contribution is 6.00. The maximum Gasteiger partial charge on any atom is 0.344 e. The number of hydrogen-bond donors (Lipinski definition) is 0. The molecule has 0 saturated carbocycles. The van der Waals surface area contributed by atoms with Gasteiger partial charge in [-0.2, -0.15) is 0 Å². The maximum absolute atomic E-state index is 13.1. The van der Waals surface area contributed by atoms with Gasteiger partial charge in [-0.15, -0.1) is 0 Å². The second-order valence-electron chi connectivity index (χ2n) is 6.70. The first-order chi connectivity index (χ1) is 13.3. The molecule has 0 aliphatic rings. The number of Topliss-reactive ketones (excluding diaryl/α,β-unsaturated/α-hetero) is 1. The topological polar surface area (TPSA) is 74.3 Å². The molecular formula is C21H21FN2O4. The minimum absolute atomic E-state index is 0.245. The van der Waals surface area contributed by atoms with Crippen LogP contribution in [0.4, 0.5) is 4.39 Å². The van der Waals surface area contributed by atoms with Crippen molar-refractivity contribution in [2.75, 3.05) is 6.61 Å². The molecule has 146 valence electrons. The van der Waals surface area contributed by atoms with Crippen molar-refractivity contribution in [1.29, 1.82) is 0 Å². The first-order valence-corrected chi connectivity index (χ1v) is 8.82. The van der Waals surface area contributed by atoms with Gasteiger partial charge >= 0.3 is 5.97 Å². The molecule has 1 aromatic carbocycles. The molecule has 2 heterocycles. The van der Waals surface area contributed by atoms with Crippen LogP contribution < -0.4 is 0 Å². The fourth-order valence-electron chi connectivity index (χ4n) is 3.15. The molecule has 3 rings (SSSR count). The van der Waals surface area contributed by atoms with Crippen LogP contribution in [0.2, 0.25) is 0 Å². The molecule has 6 nitrogen and oxygen atoms in total. The molecular weight excluding hydrogens is 363 g/mol. The van der Waals surface area contributed by atoms with Gasteiger partial charge in [0.1, 0.15) is 17.1 Å². The first kappa shape index (κ1) is 19.5. The Hall–Kier alpha value is -3.22. The highest BCUT2D eigenvalue weighted by atomic mass is 19.1. The molecule has 7 heteroatoms. The number of aryl methyl sites for hydroxylation is 3. The molecule has 0 saturated heterocycles. The van der Waals surface area contributed by atoms with Crippen LogP contribution in [0.15, 0.2) is 34.9 Å². The molecule has 0 atom stereocenters. The molecule has 0 unspecified atom stereocenters. The van der Waals surface area contributed by atoms with Crippen LogP contribution >= 0.6 is 0 Å². The van der Waals surface area contributed by atoms with Gasteiger partial charge in [0.05, 0.1) is 5.69 Å². The molecule has 0 radical (unpaired) electrons. The molecule has 0 spiro atoms. The number of rotatable bonds is 6. The zero-order valence-electron chi connectivity index (χ0n) is 16.2. The predicted octanol–water partition coefficient (Wildman–Crippen LogP) is 3.94. The largest absolute Gasteiger partial charge is 0.454 e. The fraction of sp³-hybridized carbons (Fsp3) is 0.286. The summed E-state index contributed by atoms with van der Waals surface area (Å²) in [4.78, 5) is 24.8. The zero-order valence-corrected chi connectivity index (χ0v) is 16.2. The molecule has 28 heavy (non-hydrogen) atoms. The predicted molar refractivity (Wildman–Crippen MR) is 100.0 cm³/mol. The summed E-state index contributed by atoms with van der Waals surface area (Å²) in [5.41, 5.74) is 3.74. The van der Waals surface area contributed by atoms with E-state index < -0.39 is 5.97 Å². The molecule has 0 bridgehead atoms. The highest BCUT2D eigenvalue weighted by Crippen LogP contribution is 2.19. The van der Waals surface area contributed by atoms with Gasteiger partial charge in [0.25, 0.3) is 0 Å². The van der Waals surface area contributed by atoms with E-state index in [-0.39, 0.29) is 23.8 Å². The summed E-state index contributed by atoms with van der Waals surface area (Å²) in [5, 5.41) is 3.71. The van der Waals surface area contributed by atoms with E-state index in [9.17, 15) is 14.0 Å². The Bertz CT molecular complexity index is 1010. The maximum atomic E-state index is 13.1. The fourth-order valence-corrected chi connectivity index (χ4v) is 3.15. The van der Waals surface area contributed by atoms with Crippen LogP contribution in [0.1, 0.15) is 49.1 Å². The lowest BCUT2D eigenvalue weighted by Gasteiger charge is -2.10. The van der Waals surface area contributed by atoms with Crippen LogP contribution in [-0.2, 0) is 11.3 Å². The summed E-state index contributed by atoms with van der Waals surface area (Å²) < 4.78 is 25.2. The lowest BCUT2D eigenvalue weighted by molar-refractivity contribution is 0.0472. The van der Waals surface area contributed by atoms with Crippen molar-refractivity contribution in [3.63, 3.8) is 0 Å². The van der Waals surface area contributed by atoms with E-state index in [2.05, 4.69) is 5.16 Å². The lowest BCUT2D eigenvalue weighted by Crippen LogP contribution is -2.16. The average Bonchev–Trinajstić information content (AvgIpc) is 3.14. The average molecular weight is 384 g/mol. The molecule has 0 aliphatic heterocycles. The number of carbonyl (C=O) groups excluding carboxylic acids is 2. The third-order valence-corrected chi connectivity index (χ3v) is 4.70. The Labute approximate surface area is 161 Å². The Balaban J connectivity index is 1.72. The summed E-state index contributed by atoms with van der Waals surface area (Å²) in [7, 11) is 0. The third-order valence-electron chi connectivity index (χ3n) is 4.70. The lowest BCUT2D eigenvalue weighted by atomic mass is 10.1. The normalized spacial score (nSPS) is 10.9. The summed E-state index contributed by atoms with van der Waals surface area (Å²) in [6, 6.07) is 8.00. The van der Waals surface area contributed by atoms with Crippen LogP contribution in [0, 0.1) is 33.5 Å². The quantitative estimate of drug-likeness (QED) is 0.475. The van der Waals surface area contributed by atoms with Crippen molar-refractivity contribution in [3.05, 3.63) is 75.7 Å². The number of esters is 1. The molecule has 2 aromatic heterocycles. The van der Waals surface area contributed by atoms with Crippen LogP contribution in [0.3, 0.4) is 0 Å². The molecule has 3 aromatic rings.